The standard InChI is InChI=1S/C16H23ClN2.2ClH/c17-15-7-3-6-14(12-15)16(13-4-1-2-5-13)19-10-8-18-9-11-19;;/h3,6-7,12-13,16,18H,1-2,4-5,8-11H2;2*1H/t16-;;/m0../s1. The van der Waals surface area contributed by atoms with Crippen molar-refractivity contribution in [3.8, 4) is 0 Å². The molecule has 1 aromatic carbocycles. The fraction of sp³-hybridized carbons (Fsp3) is 0.625. The van der Waals surface area contributed by atoms with Crippen molar-refractivity contribution in [2.45, 2.75) is 31.7 Å². The third-order valence-corrected chi connectivity index (χ3v) is 4.82. The SMILES string of the molecule is Cl.Cl.Clc1cccc([C@H](C2CCCC2)N2CCNCC2)c1. The molecule has 1 atom stereocenters. The van der Waals surface area contributed by atoms with E-state index in [4.69, 9.17) is 11.6 Å². The Kier molecular flexibility index (Phi) is 8.36. The van der Waals surface area contributed by atoms with E-state index in [1.807, 2.05) is 6.07 Å². The quantitative estimate of drug-likeness (QED) is 0.872. The summed E-state index contributed by atoms with van der Waals surface area (Å²) in [4.78, 5) is 2.66. The predicted molar refractivity (Wildman–Crippen MR) is 95.1 cm³/mol. The smallest absolute Gasteiger partial charge is 0.0409 e. The van der Waals surface area contributed by atoms with Gasteiger partial charge in [-0.2, -0.15) is 0 Å². The third kappa shape index (κ3) is 4.74. The van der Waals surface area contributed by atoms with Crippen LogP contribution >= 0.6 is 36.4 Å². The van der Waals surface area contributed by atoms with E-state index in [2.05, 4.69) is 28.4 Å². The maximum Gasteiger partial charge on any atom is 0.0409 e. The van der Waals surface area contributed by atoms with Gasteiger partial charge in [0.15, 0.2) is 0 Å². The second-order valence-corrected chi connectivity index (χ2v) is 6.27. The van der Waals surface area contributed by atoms with Gasteiger partial charge in [-0.25, -0.2) is 0 Å². The molecule has 2 aliphatic rings. The third-order valence-electron chi connectivity index (χ3n) is 4.58. The molecule has 1 aliphatic carbocycles. The molecule has 1 aromatic rings. The highest BCUT2D eigenvalue weighted by molar-refractivity contribution is 6.30. The van der Waals surface area contributed by atoms with Crippen molar-refractivity contribution >= 4 is 36.4 Å². The fourth-order valence-corrected chi connectivity index (χ4v) is 3.90. The summed E-state index contributed by atoms with van der Waals surface area (Å²) in [7, 11) is 0. The van der Waals surface area contributed by atoms with Crippen molar-refractivity contribution in [3.63, 3.8) is 0 Å². The average Bonchev–Trinajstić information content (AvgIpc) is 2.94. The first-order chi connectivity index (χ1) is 9.34. The molecule has 0 spiro atoms. The van der Waals surface area contributed by atoms with E-state index in [1.165, 1.54) is 31.2 Å². The molecule has 0 aromatic heterocycles. The van der Waals surface area contributed by atoms with E-state index < -0.39 is 0 Å². The number of hydrogen-bond donors (Lipinski definition) is 1. The lowest BCUT2D eigenvalue weighted by Crippen LogP contribution is -2.46. The molecule has 1 saturated carbocycles. The molecule has 1 heterocycles. The number of hydrogen-bond acceptors (Lipinski definition) is 2. The lowest BCUT2D eigenvalue weighted by atomic mass is 9.90. The van der Waals surface area contributed by atoms with Crippen molar-refractivity contribution in [2.75, 3.05) is 26.2 Å². The van der Waals surface area contributed by atoms with Crippen LogP contribution < -0.4 is 5.32 Å². The Bertz CT molecular complexity index is 416. The monoisotopic (exact) mass is 350 g/mol. The van der Waals surface area contributed by atoms with Gasteiger partial charge in [0.05, 0.1) is 0 Å². The number of rotatable bonds is 3. The molecule has 0 unspecified atom stereocenters. The summed E-state index contributed by atoms with van der Waals surface area (Å²) in [5.74, 6) is 0.816. The van der Waals surface area contributed by atoms with Crippen molar-refractivity contribution in [2.24, 2.45) is 5.92 Å². The molecule has 1 aliphatic heterocycles. The minimum Gasteiger partial charge on any atom is -0.314 e. The van der Waals surface area contributed by atoms with E-state index in [9.17, 15) is 0 Å². The van der Waals surface area contributed by atoms with Crippen molar-refractivity contribution in [1.29, 1.82) is 0 Å². The number of nitrogens with zero attached hydrogens (tertiary/aromatic N) is 1. The summed E-state index contributed by atoms with van der Waals surface area (Å²) in [6.45, 7) is 4.55. The van der Waals surface area contributed by atoms with E-state index in [-0.39, 0.29) is 24.8 Å². The summed E-state index contributed by atoms with van der Waals surface area (Å²) >= 11 is 6.20. The van der Waals surface area contributed by atoms with Gasteiger partial charge in [-0.05, 0) is 36.5 Å². The summed E-state index contributed by atoms with van der Waals surface area (Å²) in [6.07, 6.45) is 5.55. The number of halogens is 3. The van der Waals surface area contributed by atoms with Gasteiger partial charge >= 0.3 is 0 Å². The molecule has 0 bridgehead atoms. The molecule has 2 nitrogen and oxygen atoms in total. The molecule has 21 heavy (non-hydrogen) atoms. The summed E-state index contributed by atoms with van der Waals surface area (Å²) in [6, 6.07) is 9.09. The summed E-state index contributed by atoms with van der Waals surface area (Å²) in [5.41, 5.74) is 1.42. The van der Waals surface area contributed by atoms with Crippen LogP contribution in [0.25, 0.3) is 0 Å². The fourth-order valence-electron chi connectivity index (χ4n) is 3.71. The van der Waals surface area contributed by atoms with Crippen LogP contribution in [0.2, 0.25) is 5.02 Å². The average molecular weight is 352 g/mol. The molecular formula is C16H25Cl3N2. The van der Waals surface area contributed by atoms with Gasteiger partial charge in [0.2, 0.25) is 0 Å². The van der Waals surface area contributed by atoms with Gasteiger partial charge in [-0.3, -0.25) is 4.90 Å². The zero-order valence-electron chi connectivity index (χ0n) is 12.3. The largest absolute Gasteiger partial charge is 0.314 e. The molecule has 0 radical (unpaired) electrons. The Morgan fingerprint density at radius 2 is 1.76 bits per heavy atom. The first-order valence-corrected chi connectivity index (χ1v) is 7.92. The van der Waals surface area contributed by atoms with Gasteiger partial charge in [0, 0.05) is 37.2 Å². The minimum absolute atomic E-state index is 0. The molecule has 3 rings (SSSR count). The first-order valence-electron chi connectivity index (χ1n) is 7.55. The second-order valence-electron chi connectivity index (χ2n) is 5.83. The first kappa shape index (κ1) is 19.1. The van der Waals surface area contributed by atoms with Gasteiger partial charge in [0.25, 0.3) is 0 Å². The van der Waals surface area contributed by atoms with Crippen LogP contribution in [0.1, 0.15) is 37.3 Å². The number of piperazine rings is 1. The molecule has 1 saturated heterocycles. The van der Waals surface area contributed by atoms with Crippen LogP contribution in [0.3, 0.4) is 0 Å². The van der Waals surface area contributed by atoms with Crippen LogP contribution in [0.15, 0.2) is 24.3 Å². The van der Waals surface area contributed by atoms with Crippen LogP contribution in [0, 0.1) is 5.92 Å². The zero-order valence-corrected chi connectivity index (χ0v) is 14.7. The molecule has 1 N–H and O–H groups in total. The van der Waals surface area contributed by atoms with Gasteiger partial charge in [-0.15, -0.1) is 24.8 Å². The number of benzene rings is 1. The van der Waals surface area contributed by atoms with Crippen molar-refractivity contribution in [1.82, 2.24) is 10.2 Å². The van der Waals surface area contributed by atoms with Crippen LogP contribution in [0.4, 0.5) is 0 Å². The highest BCUT2D eigenvalue weighted by Crippen LogP contribution is 2.40. The Morgan fingerprint density at radius 1 is 1.10 bits per heavy atom. The highest BCUT2D eigenvalue weighted by atomic mass is 35.5. The lowest BCUT2D eigenvalue weighted by Gasteiger charge is -2.38. The zero-order chi connectivity index (χ0) is 13.1. The van der Waals surface area contributed by atoms with Gasteiger partial charge in [0.1, 0.15) is 0 Å². The summed E-state index contributed by atoms with van der Waals surface area (Å²) < 4.78 is 0. The number of nitrogens with one attached hydrogen (secondary N) is 1. The van der Waals surface area contributed by atoms with Gasteiger partial charge in [-0.1, -0.05) is 36.6 Å². The van der Waals surface area contributed by atoms with Gasteiger partial charge < -0.3 is 5.32 Å². The van der Waals surface area contributed by atoms with E-state index in [1.54, 1.807) is 0 Å². The topological polar surface area (TPSA) is 15.3 Å². The maximum atomic E-state index is 6.20. The summed E-state index contributed by atoms with van der Waals surface area (Å²) in [5, 5.41) is 4.33. The van der Waals surface area contributed by atoms with Crippen molar-refractivity contribution in [3.05, 3.63) is 34.9 Å². The van der Waals surface area contributed by atoms with Crippen molar-refractivity contribution < 1.29 is 0 Å². The Balaban J connectivity index is 0.00000110. The Morgan fingerprint density at radius 3 is 2.38 bits per heavy atom. The van der Waals surface area contributed by atoms with E-state index >= 15 is 0 Å². The minimum atomic E-state index is 0. The highest BCUT2D eigenvalue weighted by Gasteiger charge is 2.31. The molecule has 2 fully saturated rings. The Hall–Kier alpha value is 0.01000. The Labute approximate surface area is 145 Å². The molecular weight excluding hydrogens is 327 g/mol. The van der Waals surface area contributed by atoms with E-state index in [0.29, 0.717) is 6.04 Å². The van der Waals surface area contributed by atoms with Crippen LogP contribution in [-0.4, -0.2) is 31.1 Å². The molecule has 5 heteroatoms. The van der Waals surface area contributed by atoms with Crippen LogP contribution in [-0.2, 0) is 0 Å². The maximum absolute atomic E-state index is 6.20. The molecule has 0 amide bonds. The predicted octanol–water partition coefficient (Wildman–Crippen LogP) is 4.32. The molecule has 120 valence electrons. The normalized spacial score (nSPS) is 21.4. The van der Waals surface area contributed by atoms with E-state index in [0.717, 1.165) is 37.1 Å². The lowest BCUT2D eigenvalue weighted by molar-refractivity contribution is 0.125. The van der Waals surface area contributed by atoms with Crippen LogP contribution in [0.5, 0.6) is 0 Å². The second kappa shape index (κ2) is 9.22.